The minimum Gasteiger partial charge on any atom is -0.489 e. The van der Waals surface area contributed by atoms with Crippen LogP contribution in [0.2, 0.25) is 0 Å². The van der Waals surface area contributed by atoms with Gasteiger partial charge in [-0.05, 0) is 42.3 Å². The average molecular weight is 493 g/mol. The van der Waals surface area contributed by atoms with E-state index in [9.17, 15) is 24.0 Å². The molecule has 36 heavy (non-hydrogen) atoms. The lowest BCUT2D eigenvalue weighted by atomic mass is 9.93. The molecular formula is C27H25FN2O6. The topological polar surface area (TPSA) is 106 Å². The van der Waals surface area contributed by atoms with E-state index >= 15 is 0 Å². The second-order valence-electron chi connectivity index (χ2n) is 7.83. The summed E-state index contributed by atoms with van der Waals surface area (Å²) in [6, 6.07) is 15.0. The van der Waals surface area contributed by atoms with Crippen LogP contribution in [-0.2, 0) is 30.5 Å². The monoisotopic (exact) mass is 492 g/mol. The molecule has 9 heteroatoms. The number of nitriles is 1. The van der Waals surface area contributed by atoms with Crippen LogP contribution in [-0.4, -0.2) is 49.0 Å². The lowest BCUT2D eigenvalue weighted by Gasteiger charge is -2.27. The fourth-order valence-electron chi connectivity index (χ4n) is 3.44. The molecular weight excluding hydrogens is 467 g/mol. The minimum absolute atomic E-state index is 0.0256. The average Bonchev–Trinajstić information content (AvgIpc) is 2.86. The van der Waals surface area contributed by atoms with Crippen LogP contribution in [0.4, 0.5) is 4.39 Å². The predicted molar refractivity (Wildman–Crippen MR) is 128 cm³/mol. The molecule has 2 amide bonds. The summed E-state index contributed by atoms with van der Waals surface area (Å²) in [6.07, 6.45) is 1.59. The molecule has 0 aliphatic carbocycles. The van der Waals surface area contributed by atoms with Crippen molar-refractivity contribution in [1.82, 2.24) is 4.90 Å². The summed E-state index contributed by atoms with van der Waals surface area (Å²) in [7, 11) is 0. The SMILES string of the molecule is CC(=O)OCCOCCN1C(=O)C(C#N)=C(C)/C(=C\c2ccc(OCc3ccccc3F)cc2)C1=O. The van der Waals surface area contributed by atoms with Crippen LogP contribution in [0.5, 0.6) is 5.75 Å². The fraction of sp³-hybridized carbons (Fsp3) is 0.259. The van der Waals surface area contributed by atoms with Crippen molar-refractivity contribution in [3.8, 4) is 11.8 Å². The van der Waals surface area contributed by atoms with Crippen molar-refractivity contribution < 1.29 is 33.0 Å². The summed E-state index contributed by atoms with van der Waals surface area (Å²) < 4.78 is 29.5. The van der Waals surface area contributed by atoms with Crippen LogP contribution < -0.4 is 4.74 Å². The Morgan fingerprint density at radius 1 is 1.06 bits per heavy atom. The van der Waals surface area contributed by atoms with E-state index in [4.69, 9.17) is 14.2 Å². The third kappa shape index (κ3) is 6.64. The van der Waals surface area contributed by atoms with Gasteiger partial charge in [0.15, 0.2) is 0 Å². The first-order chi connectivity index (χ1) is 17.3. The van der Waals surface area contributed by atoms with Gasteiger partial charge in [-0.3, -0.25) is 19.3 Å². The number of ether oxygens (including phenoxy) is 3. The van der Waals surface area contributed by atoms with E-state index in [1.54, 1.807) is 55.5 Å². The maximum Gasteiger partial charge on any atom is 0.302 e. The van der Waals surface area contributed by atoms with E-state index in [1.807, 2.05) is 6.07 Å². The van der Waals surface area contributed by atoms with Gasteiger partial charge in [-0.2, -0.15) is 5.26 Å². The first-order valence-corrected chi connectivity index (χ1v) is 11.2. The highest BCUT2D eigenvalue weighted by Crippen LogP contribution is 2.27. The van der Waals surface area contributed by atoms with Crippen molar-refractivity contribution in [1.29, 1.82) is 5.26 Å². The Balaban J connectivity index is 1.70. The van der Waals surface area contributed by atoms with E-state index in [0.717, 1.165) is 4.90 Å². The molecule has 0 radical (unpaired) electrons. The number of esters is 1. The molecule has 0 atom stereocenters. The molecule has 0 fully saturated rings. The molecule has 3 rings (SSSR count). The molecule has 0 bridgehead atoms. The number of hydrogen-bond donors (Lipinski definition) is 0. The molecule has 0 unspecified atom stereocenters. The maximum absolute atomic E-state index is 13.8. The van der Waals surface area contributed by atoms with Gasteiger partial charge in [0.05, 0.1) is 19.8 Å². The maximum atomic E-state index is 13.8. The van der Waals surface area contributed by atoms with Gasteiger partial charge in [-0.15, -0.1) is 0 Å². The Morgan fingerprint density at radius 2 is 1.78 bits per heavy atom. The Kier molecular flexibility index (Phi) is 9.08. The molecule has 1 aliphatic rings. The molecule has 0 aromatic heterocycles. The zero-order valence-corrected chi connectivity index (χ0v) is 20.0. The third-order valence-corrected chi connectivity index (χ3v) is 5.36. The van der Waals surface area contributed by atoms with E-state index in [2.05, 4.69) is 0 Å². The molecule has 186 valence electrons. The molecule has 0 N–H and O–H groups in total. The van der Waals surface area contributed by atoms with Crippen molar-refractivity contribution >= 4 is 23.9 Å². The van der Waals surface area contributed by atoms with E-state index in [1.165, 1.54) is 13.0 Å². The Hall–Kier alpha value is -4.29. The smallest absolute Gasteiger partial charge is 0.302 e. The number of carbonyl (C=O) groups excluding carboxylic acids is 3. The Labute approximate surface area is 208 Å². The van der Waals surface area contributed by atoms with Gasteiger partial charge in [0, 0.05) is 18.1 Å². The standard InChI is InChI=1S/C27H25FN2O6/c1-18-23(15-20-7-9-22(10-8-20)36-17-21-5-3-4-6-25(21)28)26(32)30(27(33)24(18)16-29)11-12-34-13-14-35-19(2)31/h3-10,15H,11-14,17H2,1-2H3/b23-15+. The third-order valence-electron chi connectivity index (χ3n) is 5.36. The lowest BCUT2D eigenvalue weighted by Crippen LogP contribution is -2.44. The second kappa shape index (κ2) is 12.4. The minimum atomic E-state index is -0.683. The fourth-order valence-corrected chi connectivity index (χ4v) is 3.44. The highest BCUT2D eigenvalue weighted by Gasteiger charge is 2.35. The van der Waals surface area contributed by atoms with Crippen LogP contribution in [0.3, 0.4) is 0 Å². The van der Waals surface area contributed by atoms with Crippen LogP contribution in [0.25, 0.3) is 6.08 Å². The molecule has 8 nitrogen and oxygen atoms in total. The molecule has 2 aromatic rings. The van der Waals surface area contributed by atoms with Crippen LogP contribution >= 0.6 is 0 Å². The molecule has 0 spiro atoms. The highest BCUT2D eigenvalue weighted by atomic mass is 19.1. The zero-order valence-electron chi connectivity index (χ0n) is 20.0. The van der Waals surface area contributed by atoms with Gasteiger partial charge in [-0.1, -0.05) is 30.3 Å². The summed E-state index contributed by atoms with van der Waals surface area (Å²) in [4.78, 5) is 37.5. The van der Waals surface area contributed by atoms with Gasteiger partial charge in [-0.25, -0.2) is 4.39 Å². The number of benzene rings is 2. The van der Waals surface area contributed by atoms with Gasteiger partial charge in [0.25, 0.3) is 11.8 Å². The first-order valence-electron chi connectivity index (χ1n) is 11.2. The Morgan fingerprint density at radius 3 is 2.44 bits per heavy atom. The number of nitrogens with zero attached hydrogens (tertiary/aromatic N) is 2. The summed E-state index contributed by atoms with van der Waals surface area (Å²) >= 11 is 0. The summed E-state index contributed by atoms with van der Waals surface area (Å²) in [5, 5.41) is 9.51. The van der Waals surface area contributed by atoms with Crippen molar-refractivity contribution in [2.45, 2.75) is 20.5 Å². The van der Waals surface area contributed by atoms with Crippen molar-refractivity contribution in [3.05, 3.63) is 82.2 Å². The predicted octanol–water partition coefficient (Wildman–Crippen LogP) is 3.58. The second-order valence-corrected chi connectivity index (χ2v) is 7.83. The quantitative estimate of drug-likeness (QED) is 0.216. The largest absolute Gasteiger partial charge is 0.489 e. The van der Waals surface area contributed by atoms with Crippen molar-refractivity contribution in [2.24, 2.45) is 0 Å². The van der Waals surface area contributed by atoms with Crippen LogP contribution in [0.15, 0.2) is 65.3 Å². The number of imide groups is 1. The van der Waals surface area contributed by atoms with Gasteiger partial charge >= 0.3 is 5.97 Å². The zero-order chi connectivity index (χ0) is 26.1. The molecule has 1 aliphatic heterocycles. The van der Waals surface area contributed by atoms with Crippen molar-refractivity contribution in [2.75, 3.05) is 26.4 Å². The van der Waals surface area contributed by atoms with E-state index < -0.39 is 17.8 Å². The number of hydrogen-bond acceptors (Lipinski definition) is 7. The van der Waals surface area contributed by atoms with Gasteiger partial charge in [0.2, 0.25) is 0 Å². The molecule has 1 heterocycles. The number of rotatable bonds is 10. The Bertz CT molecular complexity index is 1240. The lowest BCUT2D eigenvalue weighted by molar-refractivity contribution is -0.142. The first kappa shape index (κ1) is 26.3. The van der Waals surface area contributed by atoms with Crippen LogP contribution in [0, 0.1) is 17.1 Å². The highest BCUT2D eigenvalue weighted by molar-refractivity contribution is 6.19. The molecule has 0 saturated carbocycles. The van der Waals surface area contributed by atoms with Gasteiger partial charge < -0.3 is 14.2 Å². The number of carbonyl (C=O) groups is 3. The molecule has 0 saturated heterocycles. The van der Waals surface area contributed by atoms with E-state index in [0.29, 0.717) is 22.4 Å². The summed E-state index contributed by atoms with van der Waals surface area (Å²) in [5.74, 6) is -1.49. The number of halogens is 1. The van der Waals surface area contributed by atoms with E-state index in [-0.39, 0.29) is 49.9 Å². The number of amides is 2. The van der Waals surface area contributed by atoms with Gasteiger partial charge in [0.1, 0.15) is 36.4 Å². The molecule has 2 aromatic carbocycles. The summed E-state index contributed by atoms with van der Waals surface area (Å²) in [5.41, 5.74) is 1.47. The van der Waals surface area contributed by atoms with Crippen LogP contribution in [0.1, 0.15) is 25.0 Å². The van der Waals surface area contributed by atoms with Crippen molar-refractivity contribution in [3.63, 3.8) is 0 Å². The summed E-state index contributed by atoms with van der Waals surface area (Å²) in [6.45, 7) is 3.05. The normalized spacial score (nSPS) is 14.7.